The van der Waals surface area contributed by atoms with Crippen molar-refractivity contribution >= 4 is 23.1 Å². The maximum atomic E-state index is 5.98. The molecule has 0 radical (unpaired) electrons. The van der Waals surface area contributed by atoms with Crippen LogP contribution >= 0.6 is 11.6 Å². The van der Waals surface area contributed by atoms with E-state index in [2.05, 4.69) is 63.3 Å². The van der Waals surface area contributed by atoms with Gasteiger partial charge in [-0.3, -0.25) is 0 Å². The minimum atomic E-state index is -0.0215. The summed E-state index contributed by atoms with van der Waals surface area (Å²) in [5, 5.41) is 9.00. The molecule has 1 N–H and O–H groups in total. The lowest BCUT2D eigenvalue weighted by Crippen LogP contribution is -2.12. The van der Waals surface area contributed by atoms with Crippen molar-refractivity contribution in [3.63, 3.8) is 0 Å². The van der Waals surface area contributed by atoms with E-state index in [-0.39, 0.29) is 5.41 Å². The Morgan fingerprint density at radius 3 is 2.17 bits per heavy atom. The minimum Gasteiger partial charge on any atom is -0.340 e. The molecule has 0 aliphatic rings. The standard InChI is InChI=1S/C20H22ClN3/c1-14-5-11-17(12-6-14)24-19(13-18(23-24)20(2,3)4)22-16-9-7-15(21)8-10-16/h5-13,22H,1-4H3. The van der Waals surface area contributed by atoms with Crippen molar-refractivity contribution < 1.29 is 0 Å². The van der Waals surface area contributed by atoms with Crippen molar-refractivity contribution in [2.45, 2.75) is 33.1 Å². The van der Waals surface area contributed by atoms with E-state index < -0.39 is 0 Å². The van der Waals surface area contributed by atoms with E-state index in [1.54, 1.807) is 0 Å². The van der Waals surface area contributed by atoms with Crippen LogP contribution in [0.15, 0.2) is 54.6 Å². The van der Waals surface area contributed by atoms with Crippen LogP contribution in [0.5, 0.6) is 0 Å². The fourth-order valence-electron chi connectivity index (χ4n) is 2.40. The topological polar surface area (TPSA) is 29.9 Å². The third-order valence-electron chi connectivity index (χ3n) is 3.87. The van der Waals surface area contributed by atoms with Gasteiger partial charge in [-0.05, 0) is 43.3 Å². The zero-order chi connectivity index (χ0) is 17.3. The first-order valence-corrected chi connectivity index (χ1v) is 8.41. The van der Waals surface area contributed by atoms with Gasteiger partial charge >= 0.3 is 0 Å². The van der Waals surface area contributed by atoms with Crippen molar-refractivity contribution in [1.29, 1.82) is 0 Å². The third kappa shape index (κ3) is 3.62. The molecule has 0 aliphatic carbocycles. The maximum absolute atomic E-state index is 5.98. The van der Waals surface area contributed by atoms with Crippen LogP contribution in [0.1, 0.15) is 32.0 Å². The molecule has 3 aromatic rings. The second kappa shape index (κ2) is 6.33. The van der Waals surface area contributed by atoms with Gasteiger partial charge in [-0.15, -0.1) is 0 Å². The summed E-state index contributed by atoms with van der Waals surface area (Å²) >= 11 is 5.98. The van der Waals surface area contributed by atoms with Gasteiger partial charge in [0.15, 0.2) is 0 Å². The molecular weight excluding hydrogens is 318 g/mol. The fraction of sp³-hybridized carbons (Fsp3) is 0.250. The minimum absolute atomic E-state index is 0.0215. The van der Waals surface area contributed by atoms with E-state index in [9.17, 15) is 0 Å². The van der Waals surface area contributed by atoms with Crippen LogP contribution in [-0.2, 0) is 5.41 Å². The SMILES string of the molecule is Cc1ccc(-n2nc(C(C)(C)C)cc2Nc2ccc(Cl)cc2)cc1. The molecule has 2 aromatic carbocycles. The zero-order valence-electron chi connectivity index (χ0n) is 14.5. The maximum Gasteiger partial charge on any atom is 0.134 e. The highest BCUT2D eigenvalue weighted by Gasteiger charge is 2.20. The molecule has 3 nitrogen and oxygen atoms in total. The Kier molecular flexibility index (Phi) is 4.37. The summed E-state index contributed by atoms with van der Waals surface area (Å²) in [5.74, 6) is 0.936. The first kappa shape index (κ1) is 16.6. The summed E-state index contributed by atoms with van der Waals surface area (Å²) in [6, 6.07) is 18.2. The Bertz CT molecular complexity index is 825. The molecule has 0 unspecified atom stereocenters. The van der Waals surface area contributed by atoms with Crippen molar-refractivity contribution in [1.82, 2.24) is 9.78 Å². The van der Waals surface area contributed by atoms with Crippen molar-refractivity contribution in [3.8, 4) is 5.69 Å². The van der Waals surface area contributed by atoms with E-state index in [0.717, 1.165) is 27.9 Å². The number of rotatable bonds is 3. The van der Waals surface area contributed by atoms with E-state index in [1.807, 2.05) is 28.9 Å². The molecule has 4 heteroatoms. The van der Waals surface area contributed by atoms with E-state index in [4.69, 9.17) is 16.7 Å². The monoisotopic (exact) mass is 339 g/mol. The highest BCUT2D eigenvalue weighted by Crippen LogP contribution is 2.28. The lowest BCUT2D eigenvalue weighted by atomic mass is 9.92. The number of benzene rings is 2. The molecule has 0 amide bonds. The normalized spacial score (nSPS) is 11.5. The van der Waals surface area contributed by atoms with Gasteiger partial charge in [0.2, 0.25) is 0 Å². The summed E-state index contributed by atoms with van der Waals surface area (Å²) < 4.78 is 1.95. The summed E-state index contributed by atoms with van der Waals surface area (Å²) in [6.45, 7) is 8.59. The molecule has 0 aliphatic heterocycles. The van der Waals surface area contributed by atoms with Crippen LogP contribution in [0.2, 0.25) is 5.02 Å². The molecule has 1 heterocycles. The van der Waals surface area contributed by atoms with Gasteiger partial charge in [-0.1, -0.05) is 50.1 Å². The number of halogens is 1. The number of nitrogens with one attached hydrogen (secondary N) is 1. The average Bonchev–Trinajstić information content (AvgIpc) is 2.94. The van der Waals surface area contributed by atoms with E-state index >= 15 is 0 Å². The van der Waals surface area contributed by atoms with Crippen molar-refractivity contribution in [2.24, 2.45) is 0 Å². The van der Waals surface area contributed by atoms with Gasteiger partial charge in [-0.25, -0.2) is 4.68 Å². The number of anilines is 2. The molecule has 124 valence electrons. The molecule has 1 aromatic heterocycles. The predicted octanol–water partition coefficient (Wildman–Crippen LogP) is 5.88. The predicted molar refractivity (Wildman–Crippen MR) is 102 cm³/mol. The second-order valence-corrected chi connectivity index (χ2v) is 7.48. The summed E-state index contributed by atoms with van der Waals surface area (Å²) in [6.07, 6.45) is 0. The van der Waals surface area contributed by atoms with Crippen LogP contribution in [-0.4, -0.2) is 9.78 Å². The smallest absolute Gasteiger partial charge is 0.134 e. The first-order chi connectivity index (χ1) is 11.3. The molecular formula is C20H22ClN3. The van der Waals surface area contributed by atoms with Crippen LogP contribution in [0.3, 0.4) is 0 Å². The molecule has 0 bridgehead atoms. The Morgan fingerprint density at radius 1 is 0.958 bits per heavy atom. The van der Waals surface area contributed by atoms with Gasteiger partial charge in [-0.2, -0.15) is 5.10 Å². The highest BCUT2D eigenvalue weighted by molar-refractivity contribution is 6.30. The van der Waals surface area contributed by atoms with Gasteiger partial charge in [0.25, 0.3) is 0 Å². The molecule has 24 heavy (non-hydrogen) atoms. The molecule has 3 rings (SSSR count). The van der Waals surface area contributed by atoms with E-state index in [1.165, 1.54) is 5.56 Å². The van der Waals surface area contributed by atoms with Crippen LogP contribution < -0.4 is 5.32 Å². The fourth-order valence-corrected chi connectivity index (χ4v) is 2.53. The Labute approximate surface area is 148 Å². The van der Waals surface area contributed by atoms with Gasteiger partial charge < -0.3 is 5.32 Å². The summed E-state index contributed by atoms with van der Waals surface area (Å²) in [7, 11) is 0. The summed E-state index contributed by atoms with van der Waals surface area (Å²) in [4.78, 5) is 0. The molecule has 0 saturated heterocycles. The number of nitrogens with zero attached hydrogens (tertiary/aromatic N) is 2. The quantitative estimate of drug-likeness (QED) is 0.646. The zero-order valence-corrected chi connectivity index (χ0v) is 15.2. The molecule has 0 saturated carbocycles. The lowest BCUT2D eigenvalue weighted by Gasteiger charge is -2.14. The Morgan fingerprint density at radius 2 is 1.58 bits per heavy atom. The van der Waals surface area contributed by atoms with Crippen LogP contribution in [0.25, 0.3) is 5.69 Å². The molecule has 0 fully saturated rings. The summed E-state index contributed by atoms with van der Waals surface area (Å²) in [5.41, 5.74) is 4.27. The van der Waals surface area contributed by atoms with Crippen molar-refractivity contribution in [2.75, 3.05) is 5.32 Å². The van der Waals surface area contributed by atoms with Crippen molar-refractivity contribution in [3.05, 3.63) is 70.9 Å². The second-order valence-electron chi connectivity index (χ2n) is 7.04. The van der Waals surface area contributed by atoms with Gasteiger partial charge in [0, 0.05) is 22.2 Å². The van der Waals surface area contributed by atoms with Crippen LogP contribution in [0, 0.1) is 6.92 Å². The number of aryl methyl sites for hydroxylation is 1. The molecule has 0 spiro atoms. The first-order valence-electron chi connectivity index (χ1n) is 8.03. The number of hydrogen-bond donors (Lipinski definition) is 1. The van der Waals surface area contributed by atoms with Crippen LogP contribution in [0.4, 0.5) is 11.5 Å². The largest absolute Gasteiger partial charge is 0.340 e. The molecule has 0 atom stereocenters. The lowest BCUT2D eigenvalue weighted by molar-refractivity contribution is 0.560. The van der Waals surface area contributed by atoms with Gasteiger partial charge in [0.05, 0.1) is 11.4 Å². The highest BCUT2D eigenvalue weighted by atomic mass is 35.5. The van der Waals surface area contributed by atoms with E-state index in [0.29, 0.717) is 0 Å². The number of hydrogen-bond acceptors (Lipinski definition) is 2. The average molecular weight is 340 g/mol. The Balaban J connectivity index is 2.04. The third-order valence-corrected chi connectivity index (χ3v) is 4.12. The number of aromatic nitrogens is 2. The van der Waals surface area contributed by atoms with Gasteiger partial charge in [0.1, 0.15) is 5.82 Å². The Hall–Kier alpha value is -2.26.